The summed E-state index contributed by atoms with van der Waals surface area (Å²) in [6.45, 7) is 4.00. The van der Waals surface area contributed by atoms with Crippen molar-refractivity contribution in [3.05, 3.63) is 74.6 Å². The molecule has 0 aliphatic carbocycles. The number of nitrogens with zero attached hydrogens (tertiary/aromatic N) is 1. The standard InChI is InChI=1S/C19H16N2O7.C2H6/c1-27-18(23)14(10-11-6-8-12(22)9-7-11)20-16-13-4-2-3-5-15(13)28-19(24)17(16)21(25)26;1-2/h2-9,14,20,22H,10H2,1H3;1-2H3. The van der Waals surface area contributed by atoms with Crippen LogP contribution in [0.1, 0.15) is 19.4 Å². The summed E-state index contributed by atoms with van der Waals surface area (Å²) in [5.74, 6) is -0.603. The van der Waals surface area contributed by atoms with E-state index in [2.05, 4.69) is 5.32 Å². The minimum absolute atomic E-state index is 0.0635. The zero-order valence-electron chi connectivity index (χ0n) is 16.7. The van der Waals surface area contributed by atoms with Crippen LogP contribution >= 0.6 is 0 Å². The molecule has 0 saturated carbocycles. The van der Waals surface area contributed by atoms with E-state index in [1.54, 1.807) is 30.3 Å². The summed E-state index contributed by atoms with van der Waals surface area (Å²) < 4.78 is 9.81. The molecule has 0 fully saturated rings. The number of carbonyl (C=O) groups excluding carboxylic acids is 1. The van der Waals surface area contributed by atoms with E-state index < -0.39 is 28.2 Å². The first-order chi connectivity index (χ1) is 14.4. The number of fused-ring (bicyclic) bond motifs is 1. The number of hydrogen-bond donors (Lipinski definition) is 2. The maximum atomic E-state index is 12.3. The van der Waals surface area contributed by atoms with E-state index >= 15 is 0 Å². The normalized spacial score (nSPS) is 11.2. The number of benzene rings is 2. The summed E-state index contributed by atoms with van der Waals surface area (Å²) in [5, 5.41) is 23.9. The average molecular weight is 414 g/mol. The van der Waals surface area contributed by atoms with E-state index in [0.717, 1.165) is 0 Å². The Labute approximate surface area is 172 Å². The van der Waals surface area contributed by atoms with Crippen LogP contribution in [0, 0.1) is 10.1 Å². The second-order valence-electron chi connectivity index (χ2n) is 5.96. The van der Waals surface area contributed by atoms with Crippen molar-refractivity contribution in [3.8, 4) is 5.75 Å². The van der Waals surface area contributed by atoms with Crippen molar-refractivity contribution in [1.82, 2.24) is 0 Å². The monoisotopic (exact) mass is 414 g/mol. The van der Waals surface area contributed by atoms with Gasteiger partial charge in [0.1, 0.15) is 23.1 Å². The second-order valence-corrected chi connectivity index (χ2v) is 5.96. The molecule has 0 aliphatic heterocycles. The number of esters is 1. The van der Waals surface area contributed by atoms with Gasteiger partial charge in [-0.15, -0.1) is 0 Å². The fourth-order valence-corrected chi connectivity index (χ4v) is 2.83. The number of phenols is 1. The molecule has 9 nitrogen and oxygen atoms in total. The molecule has 1 atom stereocenters. The first-order valence-corrected chi connectivity index (χ1v) is 9.23. The van der Waals surface area contributed by atoms with Gasteiger partial charge in [0, 0.05) is 11.8 Å². The molecular weight excluding hydrogens is 392 g/mol. The van der Waals surface area contributed by atoms with Gasteiger partial charge in [-0.25, -0.2) is 9.59 Å². The van der Waals surface area contributed by atoms with E-state index in [0.29, 0.717) is 5.56 Å². The lowest BCUT2D eigenvalue weighted by atomic mass is 10.0. The highest BCUT2D eigenvalue weighted by molar-refractivity contribution is 5.96. The van der Waals surface area contributed by atoms with Gasteiger partial charge in [0.05, 0.1) is 12.0 Å². The van der Waals surface area contributed by atoms with Gasteiger partial charge < -0.3 is 19.6 Å². The molecule has 0 bridgehead atoms. The number of methoxy groups -OCH3 is 1. The van der Waals surface area contributed by atoms with Crippen LogP contribution in [0.2, 0.25) is 0 Å². The first-order valence-electron chi connectivity index (χ1n) is 9.23. The molecular formula is C21H22N2O7. The van der Waals surface area contributed by atoms with Crippen LogP contribution in [-0.4, -0.2) is 29.2 Å². The smallest absolute Gasteiger partial charge is 0.417 e. The summed E-state index contributed by atoms with van der Waals surface area (Å²) in [6, 6.07) is 11.4. The molecule has 0 amide bonds. The predicted octanol–water partition coefficient (Wildman–Crippen LogP) is 3.63. The summed E-state index contributed by atoms with van der Waals surface area (Å²) in [4.78, 5) is 35.0. The molecule has 158 valence electrons. The highest BCUT2D eigenvalue weighted by atomic mass is 16.6. The highest BCUT2D eigenvalue weighted by Gasteiger charge is 2.29. The van der Waals surface area contributed by atoms with Gasteiger partial charge in [-0.05, 0) is 29.8 Å². The number of nitro groups is 1. The number of para-hydroxylation sites is 1. The van der Waals surface area contributed by atoms with E-state index in [9.17, 15) is 24.8 Å². The number of anilines is 1. The van der Waals surface area contributed by atoms with Gasteiger partial charge in [0.2, 0.25) is 0 Å². The van der Waals surface area contributed by atoms with Crippen molar-refractivity contribution in [2.24, 2.45) is 0 Å². The molecule has 30 heavy (non-hydrogen) atoms. The quantitative estimate of drug-likeness (QED) is 0.270. The molecule has 0 spiro atoms. The maximum absolute atomic E-state index is 12.3. The Hall–Kier alpha value is -3.88. The van der Waals surface area contributed by atoms with Crippen LogP contribution < -0.4 is 10.9 Å². The Kier molecular flexibility index (Phi) is 7.51. The molecule has 0 radical (unpaired) electrons. The van der Waals surface area contributed by atoms with Crippen LogP contribution in [0.5, 0.6) is 5.75 Å². The minimum atomic E-state index is -1.13. The molecule has 1 heterocycles. The van der Waals surface area contributed by atoms with Crippen molar-refractivity contribution in [1.29, 1.82) is 0 Å². The van der Waals surface area contributed by atoms with Crippen molar-refractivity contribution < 1.29 is 24.0 Å². The number of aromatic hydroxyl groups is 1. The Morgan fingerprint density at radius 2 is 1.83 bits per heavy atom. The number of nitrogens with one attached hydrogen (secondary N) is 1. The summed E-state index contributed by atoms with van der Waals surface area (Å²) in [7, 11) is 1.19. The van der Waals surface area contributed by atoms with Crippen LogP contribution in [0.4, 0.5) is 11.4 Å². The average Bonchev–Trinajstić information content (AvgIpc) is 2.75. The SMILES string of the molecule is CC.COC(=O)C(Cc1ccc(O)cc1)Nc1c([N+](=O)[O-])c(=O)oc2ccccc12. The lowest BCUT2D eigenvalue weighted by Gasteiger charge is -2.18. The number of phenolic OH excluding ortho intramolecular Hbond substituents is 1. The van der Waals surface area contributed by atoms with E-state index in [-0.39, 0.29) is 28.8 Å². The molecule has 1 unspecified atom stereocenters. The van der Waals surface area contributed by atoms with Crippen LogP contribution in [-0.2, 0) is 16.0 Å². The molecule has 0 aliphatic rings. The van der Waals surface area contributed by atoms with Crippen LogP contribution in [0.25, 0.3) is 11.0 Å². The molecule has 3 rings (SSSR count). The van der Waals surface area contributed by atoms with Crippen molar-refractivity contribution >= 4 is 28.3 Å². The topological polar surface area (TPSA) is 132 Å². The Morgan fingerprint density at radius 1 is 1.20 bits per heavy atom. The fourth-order valence-electron chi connectivity index (χ4n) is 2.83. The van der Waals surface area contributed by atoms with Crippen LogP contribution in [0.15, 0.2) is 57.7 Å². The maximum Gasteiger partial charge on any atom is 0.417 e. The van der Waals surface area contributed by atoms with Gasteiger partial charge >= 0.3 is 17.3 Å². The predicted molar refractivity (Wildman–Crippen MR) is 112 cm³/mol. The molecule has 3 aromatic rings. The lowest BCUT2D eigenvalue weighted by molar-refractivity contribution is -0.386. The van der Waals surface area contributed by atoms with Crippen molar-refractivity contribution in [2.45, 2.75) is 26.3 Å². The number of hydrogen-bond acceptors (Lipinski definition) is 8. The Morgan fingerprint density at radius 3 is 2.43 bits per heavy atom. The summed E-state index contributed by atoms with van der Waals surface area (Å²) >= 11 is 0. The third kappa shape index (κ3) is 4.93. The van der Waals surface area contributed by atoms with Crippen molar-refractivity contribution in [2.75, 3.05) is 12.4 Å². The van der Waals surface area contributed by atoms with Gasteiger partial charge in [-0.3, -0.25) is 10.1 Å². The second kappa shape index (κ2) is 10.1. The lowest BCUT2D eigenvalue weighted by Crippen LogP contribution is -2.33. The van der Waals surface area contributed by atoms with Crippen molar-refractivity contribution in [3.63, 3.8) is 0 Å². The Balaban J connectivity index is 0.00000155. The number of ether oxygens (including phenoxy) is 1. The molecule has 2 aromatic carbocycles. The zero-order chi connectivity index (χ0) is 22.3. The molecule has 0 saturated heterocycles. The van der Waals surface area contributed by atoms with Crippen LogP contribution in [0.3, 0.4) is 0 Å². The highest BCUT2D eigenvalue weighted by Crippen LogP contribution is 2.31. The summed E-state index contributed by atoms with van der Waals surface area (Å²) in [6.07, 6.45) is 0.110. The van der Waals surface area contributed by atoms with Gasteiger partial charge in [0.25, 0.3) is 0 Å². The van der Waals surface area contributed by atoms with Gasteiger partial charge in [-0.1, -0.05) is 38.1 Å². The molecule has 9 heteroatoms. The minimum Gasteiger partial charge on any atom is -0.508 e. The first kappa shape index (κ1) is 22.4. The third-order valence-electron chi connectivity index (χ3n) is 4.15. The van der Waals surface area contributed by atoms with Gasteiger partial charge in [-0.2, -0.15) is 0 Å². The Bertz CT molecular complexity index is 1090. The molecule has 1 aromatic heterocycles. The van der Waals surface area contributed by atoms with Gasteiger partial charge in [0.15, 0.2) is 0 Å². The largest absolute Gasteiger partial charge is 0.508 e. The van der Waals surface area contributed by atoms with E-state index in [4.69, 9.17) is 9.15 Å². The fraction of sp³-hybridized carbons (Fsp3) is 0.238. The molecule has 2 N–H and O–H groups in total. The number of carbonyl (C=O) groups is 1. The zero-order valence-corrected chi connectivity index (χ0v) is 16.7. The van der Waals surface area contributed by atoms with E-state index in [1.165, 1.54) is 25.3 Å². The number of rotatable bonds is 6. The van der Waals surface area contributed by atoms with E-state index in [1.807, 2.05) is 13.8 Å². The third-order valence-corrected chi connectivity index (χ3v) is 4.15. The summed E-state index contributed by atoms with van der Waals surface area (Å²) in [5.41, 5.74) is -1.21.